The highest BCUT2D eigenvalue weighted by molar-refractivity contribution is 6.00. The van der Waals surface area contributed by atoms with Crippen molar-refractivity contribution in [1.29, 1.82) is 0 Å². The topological polar surface area (TPSA) is 87.0 Å². The van der Waals surface area contributed by atoms with E-state index in [1.807, 2.05) is 0 Å². The maximum atomic E-state index is 12.5. The molecule has 1 atom stereocenters. The zero-order valence-corrected chi connectivity index (χ0v) is 16.1. The lowest BCUT2D eigenvalue weighted by Gasteiger charge is -2.14. The number of amides is 1. The van der Waals surface area contributed by atoms with Gasteiger partial charge in [-0.2, -0.15) is 0 Å². The number of hydrogen-bond donors (Lipinski definition) is 1. The van der Waals surface area contributed by atoms with E-state index in [1.54, 1.807) is 56.5 Å². The second kappa shape index (κ2) is 8.04. The van der Waals surface area contributed by atoms with Crippen molar-refractivity contribution < 1.29 is 28.2 Å². The maximum Gasteiger partial charge on any atom is 0.375 e. The first-order valence-electron chi connectivity index (χ1n) is 8.66. The van der Waals surface area contributed by atoms with Crippen LogP contribution in [0.2, 0.25) is 0 Å². The molecule has 0 radical (unpaired) electrons. The number of aryl methyl sites for hydroxylation is 1. The molecule has 1 amide bonds. The molecule has 7 heteroatoms. The van der Waals surface area contributed by atoms with Crippen LogP contribution < -0.4 is 14.8 Å². The monoisotopic (exact) mass is 383 g/mol. The molecule has 2 aromatic carbocycles. The number of ether oxygens (including phenoxy) is 3. The maximum absolute atomic E-state index is 12.5. The van der Waals surface area contributed by atoms with E-state index in [-0.39, 0.29) is 5.76 Å². The van der Waals surface area contributed by atoms with Crippen molar-refractivity contribution in [3.63, 3.8) is 0 Å². The number of para-hydroxylation sites is 2. The number of fused-ring (bicyclic) bond motifs is 1. The van der Waals surface area contributed by atoms with Gasteiger partial charge in [-0.3, -0.25) is 4.79 Å². The van der Waals surface area contributed by atoms with Gasteiger partial charge >= 0.3 is 5.97 Å². The molecule has 1 N–H and O–H groups in total. The van der Waals surface area contributed by atoms with E-state index in [9.17, 15) is 9.59 Å². The summed E-state index contributed by atoms with van der Waals surface area (Å²) in [5.74, 6) is 0.0288. The molecule has 0 aliphatic carbocycles. The SMILES string of the molecule is COc1ccc2oc(C(=O)O[C@@H](C)C(=O)Nc3ccccc3OC)c(C)c2c1. The summed E-state index contributed by atoms with van der Waals surface area (Å²) in [6.07, 6.45) is -1.03. The standard InChI is InChI=1S/C21H21NO6/c1-12-15-11-14(25-3)9-10-17(15)28-19(12)21(24)27-13(2)20(23)22-16-7-5-6-8-18(16)26-4/h5-11,13H,1-4H3,(H,22,23)/t13-/m0/s1. The first-order valence-corrected chi connectivity index (χ1v) is 8.66. The highest BCUT2D eigenvalue weighted by Crippen LogP contribution is 2.29. The Balaban J connectivity index is 1.74. The van der Waals surface area contributed by atoms with E-state index in [0.29, 0.717) is 28.3 Å². The van der Waals surface area contributed by atoms with Crippen LogP contribution in [0.5, 0.6) is 11.5 Å². The molecule has 0 fully saturated rings. The van der Waals surface area contributed by atoms with Crippen LogP contribution in [0.1, 0.15) is 23.0 Å². The normalized spacial score (nSPS) is 11.7. The molecule has 3 aromatic rings. The van der Waals surface area contributed by atoms with Crippen molar-refractivity contribution in [1.82, 2.24) is 0 Å². The average molecular weight is 383 g/mol. The van der Waals surface area contributed by atoms with Gasteiger partial charge in [0.25, 0.3) is 5.91 Å². The zero-order valence-electron chi connectivity index (χ0n) is 16.1. The Morgan fingerprint density at radius 1 is 1.07 bits per heavy atom. The van der Waals surface area contributed by atoms with E-state index >= 15 is 0 Å². The van der Waals surface area contributed by atoms with Gasteiger partial charge in [-0.15, -0.1) is 0 Å². The lowest BCUT2D eigenvalue weighted by Crippen LogP contribution is -2.30. The number of furan rings is 1. The third kappa shape index (κ3) is 3.78. The van der Waals surface area contributed by atoms with Gasteiger partial charge in [-0.1, -0.05) is 12.1 Å². The molecular formula is C21H21NO6. The number of esters is 1. The molecule has 0 bridgehead atoms. The summed E-state index contributed by atoms with van der Waals surface area (Å²) in [5, 5.41) is 3.43. The van der Waals surface area contributed by atoms with Crippen LogP contribution in [0, 0.1) is 6.92 Å². The van der Waals surface area contributed by atoms with Crippen molar-refractivity contribution in [2.75, 3.05) is 19.5 Å². The molecular weight excluding hydrogens is 362 g/mol. The van der Waals surface area contributed by atoms with Gasteiger partial charge in [0, 0.05) is 10.9 Å². The summed E-state index contributed by atoms with van der Waals surface area (Å²) in [4.78, 5) is 24.9. The number of methoxy groups -OCH3 is 2. The second-order valence-electron chi connectivity index (χ2n) is 6.16. The number of anilines is 1. The Morgan fingerprint density at radius 3 is 2.54 bits per heavy atom. The van der Waals surface area contributed by atoms with E-state index in [0.717, 1.165) is 5.39 Å². The van der Waals surface area contributed by atoms with Crippen LogP contribution >= 0.6 is 0 Å². The number of rotatable bonds is 6. The van der Waals surface area contributed by atoms with Crippen molar-refractivity contribution in [2.24, 2.45) is 0 Å². The first-order chi connectivity index (χ1) is 13.4. The number of benzene rings is 2. The van der Waals surface area contributed by atoms with Crippen LogP contribution in [-0.4, -0.2) is 32.2 Å². The number of nitrogens with one attached hydrogen (secondary N) is 1. The van der Waals surface area contributed by atoms with E-state index in [2.05, 4.69) is 5.32 Å². The van der Waals surface area contributed by atoms with Crippen LogP contribution in [-0.2, 0) is 9.53 Å². The third-order valence-corrected chi connectivity index (χ3v) is 4.35. The smallest absolute Gasteiger partial charge is 0.375 e. The zero-order chi connectivity index (χ0) is 20.3. The molecule has 0 aliphatic rings. The number of carbonyl (C=O) groups is 2. The predicted molar refractivity (Wildman–Crippen MR) is 104 cm³/mol. The minimum Gasteiger partial charge on any atom is -0.497 e. The summed E-state index contributed by atoms with van der Waals surface area (Å²) in [7, 11) is 3.07. The summed E-state index contributed by atoms with van der Waals surface area (Å²) >= 11 is 0. The van der Waals surface area contributed by atoms with E-state index in [1.165, 1.54) is 14.0 Å². The van der Waals surface area contributed by atoms with E-state index < -0.39 is 18.0 Å². The molecule has 7 nitrogen and oxygen atoms in total. The molecule has 1 heterocycles. The Labute approximate surface area is 162 Å². The Morgan fingerprint density at radius 2 is 1.82 bits per heavy atom. The van der Waals surface area contributed by atoms with Crippen LogP contribution in [0.3, 0.4) is 0 Å². The molecule has 0 spiro atoms. The fraction of sp³-hybridized carbons (Fsp3) is 0.238. The summed E-state index contributed by atoms with van der Waals surface area (Å²) in [5.41, 5.74) is 1.65. The molecule has 0 aliphatic heterocycles. The van der Waals surface area contributed by atoms with Gasteiger partial charge in [0.2, 0.25) is 5.76 Å². The molecule has 0 saturated heterocycles. The molecule has 28 heavy (non-hydrogen) atoms. The summed E-state index contributed by atoms with van der Waals surface area (Å²) in [6.45, 7) is 3.24. The lowest BCUT2D eigenvalue weighted by molar-refractivity contribution is -0.123. The molecule has 1 aromatic heterocycles. The third-order valence-electron chi connectivity index (χ3n) is 4.35. The van der Waals surface area contributed by atoms with Crippen molar-refractivity contribution in [2.45, 2.75) is 20.0 Å². The van der Waals surface area contributed by atoms with Crippen molar-refractivity contribution in [3.8, 4) is 11.5 Å². The molecule has 146 valence electrons. The minimum atomic E-state index is -1.03. The van der Waals surface area contributed by atoms with Gasteiger partial charge in [0.05, 0.1) is 19.9 Å². The minimum absolute atomic E-state index is 0.0557. The molecule has 0 unspecified atom stereocenters. The fourth-order valence-electron chi connectivity index (χ4n) is 2.77. The van der Waals surface area contributed by atoms with Crippen molar-refractivity contribution in [3.05, 3.63) is 53.8 Å². The van der Waals surface area contributed by atoms with Crippen LogP contribution in [0.15, 0.2) is 46.9 Å². The van der Waals surface area contributed by atoms with Gasteiger partial charge in [0.1, 0.15) is 17.1 Å². The molecule has 0 saturated carbocycles. The van der Waals surface area contributed by atoms with Crippen LogP contribution in [0.25, 0.3) is 11.0 Å². The molecule has 3 rings (SSSR count). The van der Waals surface area contributed by atoms with Gasteiger partial charge < -0.3 is 23.9 Å². The Bertz CT molecular complexity index is 1020. The van der Waals surface area contributed by atoms with Gasteiger partial charge in [-0.25, -0.2) is 4.79 Å². The Hall–Kier alpha value is -3.48. The average Bonchev–Trinajstić information content (AvgIpc) is 3.04. The summed E-state index contributed by atoms with van der Waals surface area (Å²) in [6, 6.07) is 12.2. The van der Waals surface area contributed by atoms with E-state index in [4.69, 9.17) is 18.6 Å². The van der Waals surface area contributed by atoms with Crippen LogP contribution in [0.4, 0.5) is 5.69 Å². The fourth-order valence-corrected chi connectivity index (χ4v) is 2.77. The quantitative estimate of drug-likeness (QED) is 0.649. The lowest BCUT2D eigenvalue weighted by atomic mass is 10.1. The largest absolute Gasteiger partial charge is 0.497 e. The Kier molecular flexibility index (Phi) is 5.54. The van der Waals surface area contributed by atoms with Gasteiger partial charge in [-0.05, 0) is 44.2 Å². The first kappa shape index (κ1) is 19.3. The number of carbonyl (C=O) groups excluding carboxylic acids is 2. The predicted octanol–water partition coefficient (Wildman–Crippen LogP) is 3.94. The van der Waals surface area contributed by atoms with Crippen molar-refractivity contribution >= 4 is 28.5 Å². The second-order valence-corrected chi connectivity index (χ2v) is 6.16. The van der Waals surface area contributed by atoms with Gasteiger partial charge in [0.15, 0.2) is 6.10 Å². The number of hydrogen-bond acceptors (Lipinski definition) is 6. The summed E-state index contributed by atoms with van der Waals surface area (Å²) < 4.78 is 21.3. The highest BCUT2D eigenvalue weighted by atomic mass is 16.6. The highest BCUT2D eigenvalue weighted by Gasteiger charge is 2.25.